The van der Waals surface area contributed by atoms with Crippen molar-refractivity contribution >= 4 is 34.8 Å². The van der Waals surface area contributed by atoms with Gasteiger partial charge in [-0.05, 0) is 25.1 Å². The van der Waals surface area contributed by atoms with E-state index < -0.39 is 0 Å². The van der Waals surface area contributed by atoms with E-state index in [2.05, 4.69) is 15.3 Å². The number of nitrogens with one attached hydrogen (secondary N) is 1. The number of carbonyl (C=O) groups is 1. The number of amides is 1. The Balaban J connectivity index is 2.25. The fourth-order valence-corrected chi connectivity index (χ4v) is 1.83. The van der Waals surface area contributed by atoms with E-state index in [1.165, 1.54) is 12.3 Å². The largest absolute Gasteiger partial charge is 0.319 e. The first-order chi connectivity index (χ1) is 8.56. The van der Waals surface area contributed by atoms with Gasteiger partial charge in [-0.25, -0.2) is 4.98 Å². The Morgan fingerprint density at radius 2 is 2.11 bits per heavy atom. The third-order valence-electron chi connectivity index (χ3n) is 2.20. The van der Waals surface area contributed by atoms with Gasteiger partial charge in [-0.15, -0.1) is 0 Å². The lowest BCUT2D eigenvalue weighted by molar-refractivity contribution is 0.102. The fraction of sp³-hybridized carbons (Fsp3) is 0.0833. The van der Waals surface area contributed by atoms with Crippen molar-refractivity contribution in [1.29, 1.82) is 0 Å². The smallest absolute Gasteiger partial charge is 0.255 e. The Hall–Kier alpha value is -1.65. The van der Waals surface area contributed by atoms with Crippen LogP contribution in [0, 0.1) is 6.92 Å². The van der Waals surface area contributed by atoms with Crippen LogP contribution in [-0.2, 0) is 0 Å². The molecule has 0 radical (unpaired) electrons. The molecule has 0 bridgehead atoms. The summed E-state index contributed by atoms with van der Waals surface area (Å²) in [6, 6.07) is 4.74. The Labute approximate surface area is 114 Å². The number of aromatic nitrogens is 2. The first kappa shape index (κ1) is 12.8. The molecule has 0 unspecified atom stereocenters. The topological polar surface area (TPSA) is 54.9 Å². The SMILES string of the molecule is Cc1cc(C(=O)Nc2cnccc2Cl)cc(Cl)n1. The first-order valence-electron chi connectivity index (χ1n) is 5.11. The van der Waals surface area contributed by atoms with E-state index >= 15 is 0 Å². The highest BCUT2D eigenvalue weighted by atomic mass is 35.5. The maximum Gasteiger partial charge on any atom is 0.255 e. The Morgan fingerprint density at radius 1 is 1.33 bits per heavy atom. The highest BCUT2D eigenvalue weighted by molar-refractivity contribution is 6.34. The summed E-state index contributed by atoms with van der Waals surface area (Å²) in [5.41, 5.74) is 1.55. The number of pyridine rings is 2. The number of aryl methyl sites for hydroxylation is 1. The number of hydrogen-bond acceptors (Lipinski definition) is 3. The van der Waals surface area contributed by atoms with E-state index in [9.17, 15) is 4.79 Å². The van der Waals surface area contributed by atoms with Crippen LogP contribution in [0.25, 0.3) is 0 Å². The van der Waals surface area contributed by atoms with Gasteiger partial charge in [-0.3, -0.25) is 9.78 Å². The molecule has 1 amide bonds. The van der Waals surface area contributed by atoms with Crippen LogP contribution in [0.3, 0.4) is 0 Å². The van der Waals surface area contributed by atoms with Crippen molar-refractivity contribution in [3.05, 3.63) is 52.0 Å². The zero-order valence-electron chi connectivity index (χ0n) is 9.45. The molecule has 0 aliphatic carbocycles. The molecule has 1 N–H and O–H groups in total. The lowest BCUT2D eigenvalue weighted by Crippen LogP contribution is -2.13. The minimum atomic E-state index is -0.308. The van der Waals surface area contributed by atoms with Crippen molar-refractivity contribution < 1.29 is 4.79 Å². The van der Waals surface area contributed by atoms with E-state index in [-0.39, 0.29) is 11.1 Å². The van der Waals surface area contributed by atoms with Gasteiger partial charge >= 0.3 is 0 Å². The molecule has 2 rings (SSSR count). The van der Waals surface area contributed by atoms with Crippen LogP contribution in [0.2, 0.25) is 10.2 Å². The summed E-state index contributed by atoms with van der Waals surface area (Å²) >= 11 is 11.7. The van der Waals surface area contributed by atoms with Crippen LogP contribution >= 0.6 is 23.2 Å². The van der Waals surface area contributed by atoms with Crippen molar-refractivity contribution in [3.63, 3.8) is 0 Å². The van der Waals surface area contributed by atoms with Gasteiger partial charge in [-0.1, -0.05) is 23.2 Å². The second-order valence-corrected chi connectivity index (χ2v) is 4.42. The average Bonchev–Trinajstić information content (AvgIpc) is 2.31. The molecule has 6 heteroatoms. The van der Waals surface area contributed by atoms with Gasteiger partial charge in [0.05, 0.1) is 16.9 Å². The van der Waals surface area contributed by atoms with E-state index in [0.717, 1.165) is 0 Å². The number of anilines is 1. The van der Waals surface area contributed by atoms with Crippen molar-refractivity contribution in [2.24, 2.45) is 0 Å². The number of halogens is 2. The third-order valence-corrected chi connectivity index (χ3v) is 2.72. The van der Waals surface area contributed by atoms with Gasteiger partial charge in [0.15, 0.2) is 0 Å². The molecule has 2 heterocycles. The minimum Gasteiger partial charge on any atom is -0.319 e. The highest BCUT2D eigenvalue weighted by Crippen LogP contribution is 2.20. The third kappa shape index (κ3) is 2.97. The van der Waals surface area contributed by atoms with Crippen molar-refractivity contribution in [3.8, 4) is 0 Å². The lowest BCUT2D eigenvalue weighted by Gasteiger charge is -2.07. The average molecular weight is 282 g/mol. The quantitative estimate of drug-likeness (QED) is 0.859. The number of nitrogens with zero attached hydrogens (tertiary/aromatic N) is 2. The van der Waals surface area contributed by atoms with E-state index in [1.54, 1.807) is 25.3 Å². The second kappa shape index (κ2) is 5.33. The predicted molar refractivity (Wildman–Crippen MR) is 71.2 cm³/mol. The molecule has 92 valence electrons. The highest BCUT2D eigenvalue weighted by Gasteiger charge is 2.10. The first-order valence-corrected chi connectivity index (χ1v) is 5.87. The summed E-state index contributed by atoms with van der Waals surface area (Å²) in [4.78, 5) is 19.9. The molecule has 18 heavy (non-hydrogen) atoms. The van der Waals surface area contributed by atoms with Gasteiger partial charge in [0, 0.05) is 17.5 Å². The summed E-state index contributed by atoms with van der Waals surface area (Å²) in [6.07, 6.45) is 3.03. The molecule has 0 saturated carbocycles. The van der Waals surface area contributed by atoms with Gasteiger partial charge in [0.1, 0.15) is 5.15 Å². The summed E-state index contributed by atoms with van der Waals surface area (Å²) in [6.45, 7) is 1.76. The van der Waals surface area contributed by atoms with Crippen molar-refractivity contribution in [2.45, 2.75) is 6.92 Å². The summed E-state index contributed by atoms with van der Waals surface area (Å²) < 4.78 is 0. The summed E-state index contributed by atoms with van der Waals surface area (Å²) in [5.74, 6) is -0.308. The zero-order chi connectivity index (χ0) is 13.1. The van der Waals surface area contributed by atoms with Crippen LogP contribution < -0.4 is 5.32 Å². The van der Waals surface area contributed by atoms with Crippen molar-refractivity contribution in [2.75, 3.05) is 5.32 Å². The van der Waals surface area contributed by atoms with Crippen LogP contribution in [0.15, 0.2) is 30.6 Å². The Morgan fingerprint density at radius 3 is 2.78 bits per heavy atom. The molecule has 0 fully saturated rings. The van der Waals surface area contributed by atoms with Gasteiger partial charge in [0.25, 0.3) is 5.91 Å². The molecule has 0 aliphatic heterocycles. The molecule has 4 nitrogen and oxygen atoms in total. The molecule has 0 aliphatic rings. The standard InChI is InChI=1S/C12H9Cl2N3O/c1-7-4-8(5-11(14)16-7)12(18)17-10-6-15-3-2-9(10)13/h2-6H,1H3,(H,17,18). The molecule has 0 aromatic carbocycles. The van der Waals surface area contributed by atoms with Gasteiger partial charge in [0.2, 0.25) is 0 Å². The second-order valence-electron chi connectivity index (χ2n) is 3.63. The molecule has 0 saturated heterocycles. The fourth-order valence-electron chi connectivity index (χ4n) is 1.42. The van der Waals surface area contributed by atoms with E-state index in [4.69, 9.17) is 23.2 Å². The molecule has 2 aromatic rings. The monoisotopic (exact) mass is 281 g/mol. The molecular weight excluding hydrogens is 273 g/mol. The van der Waals surface area contributed by atoms with E-state index in [0.29, 0.717) is 22.0 Å². The summed E-state index contributed by atoms with van der Waals surface area (Å²) in [5, 5.41) is 3.36. The molecule has 0 spiro atoms. The minimum absolute atomic E-state index is 0.275. The molecule has 2 aromatic heterocycles. The molecule has 0 atom stereocenters. The zero-order valence-corrected chi connectivity index (χ0v) is 11.0. The summed E-state index contributed by atoms with van der Waals surface area (Å²) in [7, 11) is 0. The van der Waals surface area contributed by atoms with Crippen LogP contribution in [0.1, 0.15) is 16.1 Å². The number of carbonyl (C=O) groups excluding carboxylic acids is 1. The molecular formula is C12H9Cl2N3O. The normalized spacial score (nSPS) is 10.2. The van der Waals surface area contributed by atoms with Crippen LogP contribution in [0.4, 0.5) is 5.69 Å². The Kier molecular flexibility index (Phi) is 3.79. The lowest BCUT2D eigenvalue weighted by atomic mass is 10.2. The van der Waals surface area contributed by atoms with E-state index in [1.807, 2.05) is 0 Å². The maximum absolute atomic E-state index is 12.0. The van der Waals surface area contributed by atoms with Gasteiger partial charge in [-0.2, -0.15) is 0 Å². The number of rotatable bonds is 2. The number of hydrogen-bond donors (Lipinski definition) is 1. The van der Waals surface area contributed by atoms with Gasteiger partial charge < -0.3 is 5.32 Å². The van der Waals surface area contributed by atoms with Crippen LogP contribution in [0.5, 0.6) is 0 Å². The maximum atomic E-state index is 12.0. The predicted octanol–water partition coefficient (Wildman–Crippen LogP) is 3.34. The van der Waals surface area contributed by atoms with Crippen LogP contribution in [-0.4, -0.2) is 15.9 Å². The Bertz CT molecular complexity index is 581. The van der Waals surface area contributed by atoms with Crippen molar-refractivity contribution in [1.82, 2.24) is 9.97 Å².